The Bertz CT molecular complexity index is 326. The van der Waals surface area contributed by atoms with E-state index in [0.29, 0.717) is 5.57 Å². The van der Waals surface area contributed by atoms with Gasteiger partial charge < -0.3 is 4.58 Å². The molecule has 1 aliphatic heterocycles. The Morgan fingerprint density at radius 1 is 1.75 bits per heavy atom. The second-order valence-electron chi connectivity index (χ2n) is 2.38. The molecule has 3 heteroatoms. The van der Waals surface area contributed by atoms with E-state index in [-0.39, 0.29) is 0 Å². The monoisotopic (exact) mass is 165 g/mol. The Kier molecular flexibility index (Phi) is 2.65. The molecule has 0 aliphatic carbocycles. The lowest BCUT2D eigenvalue weighted by molar-refractivity contribution is -0.442. The summed E-state index contributed by atoms with van der Waals surface area (Å²) in [5.74, 6) is -0.506. The van der Waals surface area contributed by atoms with Crippen molar-refractivity contribution < 1.29 is 8.97 Å². The molecule has 0 aromatic carbocycles. The largest absolute Gasteiger partial charge is 0.481 e. The van der Waals surface area contributed by atoms with Crippen molar-refractivity contribution in [3.63, 3.8) is 0 Å². The Hall–Kier alpha value is -1.56. The van der Waals surface area contributed by atoms with E-state index >= 15 is 0 Å². The SMILES string of the molecule is CC#[N+]/C(F)=C1/C=C[CH-][N+](C)=C1. The van der Waals surface area contributed by atoms with Crippen LogP contribution >= 0.6 is 0 Å². The summed E-state index contributed by atoms with van der Waals surface area (Å²) in [4.78, 5) is 3.42. The third-order valence-electron chi connectivity index (χ3n) is 1.39. The molecule has 0 saturated heterocycles. The minimum Gasteiger partial charge on any atom is -0.313 e. The number of nitrogens with zero attached hydrogens (tertiary/aromatic N) is 2. The Morgan fingerprint density at radius 3 is 3.08 bits per heavy atom. The molecule has 0 N–H and O–H groups in total. The third-order valence-corrected chi connectivity index (χ3v) is 1.39. The molecule has 0 amide bonds. The van der Waals surface area contributed by atoms with Crippen LogP contribution < -0.4 is 0 Å². The molecule has 0 atom stereocenters. The normalized spacial score (nSPS) is 18.8. The molecule has 62 valence electrons. The molecule has 0 radical (unpaired) electrons. The van der Waals surface area contributed by atoms with Gasteiger partial charge in [0, 0.05) is 0 Å². The molecule has 0 bridgehead atoms. The van der Waals surface area contributed by atoms with Gasteiger partial charge in [0.2, 0.25) is 0 Å². The van der Waals surface area contributed by atoms with Crippen LogP contribution in [0.4, 0.5) is 4.39 Å². The van der Waals surface area contributed by atoms with E-state index < -0.39 is 5.95 Å². The zero-order chi connectivity index (χ0) is 8.97. The molecule has 0 aromatic heterocycles. The van der Waals surface area contributed by atoms with Gasteiger partial charge in [-0.2, -0.15) is 0 Å². The van der Waals surface area contributed by atoms with Crippen molar-refractivity contribution >= 4 is 6.21 Å². The summed E-state index contributed by atoms with van der Waals surface area (Å²) in [7, 11) is 1.83. The Labute approximate surface area is 71.1 Å². The number of likely N-dealkylation sites (N-methyl/N-ethyl adjacent to an activating group) is 1. The van der Waals surface area contributed by atoms with E-state index in [1.165, 1.54) is 0 Å². The van der Waals surface area contributed by atoms with Crippen LogP contribution in [0.5, 0.6) is 0 Å². The molecule has 0 fully saturated rings. The Balaban J connectivity index is 2.99. The van der Waals surface area contributed by atoms with Gasteiger partial charge in [0.05, 0.1) is 25.3 Å². The molecule has 2 nitrogen and oxygen atoms in total. The predicted octanol–water partition coefficient (Wildman–Crippen LogP) is 1.96. The van der Waals surface area contributed by atoms with Gasteiger partial charge in [-0.3, -0.25) is 0 Å². The molecule has 0 aromatic rings. The van der Waals surface area contributed by atoms with E-state index in [4.69, 9.17) is 0 Å². The van der Waals surface area contributed by atoms with E-state index in [1.807, 2.05) is 13.6 Å². The lowest BCUT2D eigenvalue weighted by Crippen LogP contribution is -2.07. The number of hydrogen-bond acceptors (Lipinski definition) is 0. The van der Waals surface area contributed by atoms with Crippen LogP contribution in [0.1, 0.15) is 6.92 Å². The van der Waals surface area contributed by atoms with Gasteiger partial charge >= 0.3 is 5.95 Å². The topological polar surface area (TPSA) is 7.37 Å². The molecule has 0 unspecified atom stereocenters. The van der Waals surface area contributed by atoms with Crippen LogP contribution in [0.15, 0.2) is 23.7 Å². The van der Waals surface area contributed by atoms with Gasteiger partial charge in [0.1, 0.15) is 7.05 Å². The predicted molar refractivity (Wildman–Crippen MR) is 46.7 cm³/mol. The van der Waals surface area contributed by atoms with Crippen molar-refractivity contribution in [2.75, 3.05) is 7.05 Å². The summed E-state index contributed by atoms with van der Waals surface area (Å²) in [6, 6.07) is 2.39. The van der Waals surface area contributed by atoms with Crippen molar-refractivity contribution in [3.05, 3.63) is 35.1 Å². The molecule has 1 heterocycles. The fourth-order valence-electron chi connectivity index (χ4n) is 0.873. The lowest BCUT2D eigenvalue weighted by Gasteiger charge is -2.04. The van der Waals surface area contributed by atoms with Crippen molar-refractivity contribution in [2.45, 2.75) is 6.92 Å². The minimum atomic E-state index is -0.506. The van der Waals surface area contributed by atoms with Crippen LogP contribution in [0.25, 0.3) is 4.85 Å². The highest BCUT2D eigenvalue weighted by atomic mass is 19.1. The fourth-order valence-corrected chi connectivity index (χ4v) is 0.873. The molecule has 1 rings (SSSR count). The average Bonchev–Trinajstić information content (AvgIpc) is 2.05. The van der Waals surface area contributed by atoms with E-state index in [0.717, 1.165) is 0 Å². The number of halogens is 1. The quantitative estimate of drug-likeness (QED) is 0.294. The number of allylic oxidation sites excluding steroid dienone is 2. The molecule has 0 spiro atoms. The molecular weight excluding hydrogens is 155 g/mol. The number of rotatable bonds is 0. The zero-order valence-corrected chi connectivity index (χ0v) is 7.08. The highest BCUT2D eigenvalue weighted by molar-refractivity contribution is 5.80. The van der Waals surface area contributed by atoms with Gasteiger partial charge in [-0.15, -0.1) is 16.5 Å². The maximum absolute atomic E-state index is 13.0. The average molecular weight is 165 g/mol. The third kappa shape index (κ3) is 1.96. The maximum atomic E-state index is 13.0. The zero-order valence-electron chi connectivity index (χ0n) is 7.08. The molecule has 0 saturated carbocycles. The standard InChI is InChI=1S/C9H10FN2/c1-3-11-9(10)8-5-4-6-12(2)7-8/h4-7H,1-2H3/q+1/b9-8-. The Morgan fingerprint density at radius 2 is 2.50 bits per heavy atom. The molecule has 1 aliphatic rings. The second kappa shape index (κ2) is 3.72. The van der Waals surface area contributed by atoms with E-state index in [1.54, 1.807) is 29.9 Å². The highest BCUT2D eigenvalue weighted by Gasteiger charge is 2.10. The van der Waals surface area contributed by atoms with Crippen LogP contribution in [0.2, 0.25) is 0 Å². The first-order valence-electron chi connectivity index (χ1n) is 3.59. The summed E-state index contributed by atoms with van der Waals surface area (Å²) in [5, 5.41) is 0. The number of hydrogen-bond donors (Lipinski definition) is 0. The second-order valence-corrected chi connectivity index (χ2v) is 2.38. The van der Waals surface area contributed by atoms with Gasteiger partial charge in [0.15, 0.2) is 0 Å². The van der Waals surface area contributed by atoms with Crippen molar-refractivity contribution in [1.82, 2.24) is 0 Å². The smallest absolute Gasteiger partial charge is 0.313 e. The highest BCUT2D eigenvalue weighted by Crippen LogP contribution is 2.10. The summed E-state index contributed by atoms with van der Waals surface area (Å²) >= 11 is 0. The van der Waals surface area contributed by atoms with Gasteiger partial charge in [-0.25, -0.2) is 0 Å². The summed E-state index contributed by atoms with van der Waals surface area (Å²) in [6.07, 6.45) is 5.09. The van der Waals surface area contributed by atoms with Crippen LogP contribution in [0, 0.1) is 12.6 Å². The first-order chi connectivity index (χ1) is 5.74. The first kappa shape index (κ1) is 8.54. The van der Waals surface area contributed by atoms with Crippen LogP contribution in [-0.2, 0) is 0 Å². The summed E-state index contributed by atoms with van der Waals surface area (Å²) in [5.41, 5.74) is 0.467. The first-order valence-corrected chi connectivity index (χ1v) is 3.59. The van der Waals surface area contributed by atoms with Crippen molar-refractivity contribution in [2.24, 2.45) is 0 Å². The van der Waals surface area contributed by atoms with Gasteiger partial charge in [-0.05, 0) is 4.85 Å². The summed E-state index contributed by atoms with van der Waals surface area (Å²) < 4.78 is 14.8. The fraction of sp³-hybridized carbons (Fsp3) is 0.222. The maximum Gasteiger partial charge on any atom is 0.481 e. The van der Waals surface area contributed by atoms with Gasteiger partial charge in [-0.1, -0.05) is 0 Å². The minimum absolute atomic E-state index is 0.467. The molecular formula is C9H10FN2+. The van der Waals surface area contributed by atoms with E-state index in [2.05, 4.69) is 10.9 Å². The van der Waals surface area contributed by atoms with Gasteiger partial charge in [0.25, 0.3) is 6.07 Å². The molecule has 12 heavy (non-hydrogen) atoms. The van der Waals surface area contributed by atoms with Crippen LogP contribution in [0.3, 0.4) is 0 Å². The lowest BCUT2D eigenvalue weighted by atomic mass is 10.2. The van der Waals surface area contributed by atoms with E-state index in [9.17, 15) is 4.39 Å². The summed E-state index contributed by atoms with van der Waals surface area (Å²) in [6.45, 7) is 3.39. The van der Waals surface area contributed by atoms with Crippen LogP contribution in [-0.4, -0.2) is 17.8 Å². The van der Waals surface area contributed by atoms with Crippen molar-refractivity contribution in [1.29, 1.82) is 0 Å². The van der Waals surface area contributed by atoms with Crippen molar-refractivity contribution in [3.8, 4) is 6.07 Å².